The molecule has 8 nitrogen and oxygen atoms in total. The molecular formula is C20H21BrN4O4S. The Kier molecular flexibility index (Phi) is 6.59. The Balaban J connectivity index is 1.67. The van der Waals surface area contributed by atoms with E-state index in [1.165, 1.54) is 16.8 Å². The predicted octanol–water partition coefficient (Wildman–Crippen LogP) is 2.55. The lowest BCUT2D eigenvalue weighted by molar-refractivity contribution is -0.116. The van der Waals surface area contributed by atoms with Crippen LogP contribution in [0.5, 0.6) is 0 Å². The molecule has 0 saturated carbocycles. The minimum Gasteiger partial charge on any atom is -0.320 e. The van der Waals surface area contributed by atoms with Crippen LogP contribution in [0.3, 0.4) is 0 Å². The van der Waals surface area contributed by atoms with Gasteiger partial charge in [-0.25, -0.2) is 17.8 Å². The largest absolute Gasteiger partial charge is 0.320 e. The molecule has 3 rings (SSSR count). The van der Waals surface area contributed by atoms with E-state index in [0.29, 0.717) is 11.4 Å². The number of nitrogens with zero attached hydrogens (tertiary/aromatic N) is 2. The van der Waals surface area contributed by atoms with Crippen LogP contribution in [-0.2, 0) is 21.9 Å². The lowest BCUT2D eigenvalue weighted by atomic mass is 10.3. The number of aromatic nitrogens is 2. The molecule has 30 heavy (non-hydrogen) atoms. The van der Waals surface area contributed by atoms with E-state index in [1.54, 1.807) is 42.9 Å². The summed E-state index contributed by atoms with van der Waals surface area (Å²) in [7, 11) is -1.99. The number of rotatable bonds is 7. The molecule has 2 aromatic carbocycles. The van der Waals surface area contributed by atoms with Gasteiger partial charge >= 0.3 is 0 Å². The summed E-state index contributed by atoms with van der Waals surface area (Å²) in [6, 6.07) is 15.3. The van der Waals surface area contributed by atoms with Gasteiger partial charge in [-0.2, -0.15) is 0 Å². The second-order valence-electron chi connectivity index (χ2n) is 6.59. The molecule has 1 heterocycles. The van der Waals surface area contributed by atoms with Gasteiger partial charge < -0.3 is 5.32 Å². The third-order valence-electron chi connectivity index (χ3n) is 4.59. The van der Waals surface area contributed by atoms with Crippen LogP contribution in [0.4, 0.5) is 5.69 Å². The molecule has 0 atom stereocenters. The van der Waals surface area contributed by atoms with Crippen LogP contribution in [0.25, 0.3) is 5.69 Å². The summed E-state index contributed by atoms with van der Waals surface area (Å²) in [5.41, 5.74) is 1.08. The predicted molar refractivity (Wildman–Crippen MR) is 118 cm³/mol. The lowest BCUT2D eigenvalue weighted by Gasteiger charge is -2.07. The number of para-hydroxylation sites is 1. The highest BCUT2D eigenvalue weighted by Gasteiger charge is 2.19. The minimum absolute atomic E-state index is 0.0943. The van der Waals surface area contributed by atoms with Crippen LogP contribution in [0, 0.1) is 6.92 Å². The first-order chi connectivity index (χ1) is 14.2. The number of benzene rings is 2. The van der Waals surface area contributed by atoms with E-state index < -0.39 is 15.9 Å². The van der Waals surface area contributed by atoms with Crippen LogP contribution in [0.2, 0.25) is 0 Å². The minimum atomic E-state index is -3.72. The second-order valence-corrected chi connectivity index (χ2v) is 9.27. The van der Waals surface area contributed by atoms with E-state index in [1.807, 2.05) is 18.2 Å². The first-order valence-electron chi connectivity index (χ1n) is 9.10. The number of hydrogen-bond donors (Lipinski definition) is 2. The third-order valence-corrected chi connectivity index (χ3v) is 6.59. The Hall–Kier alpha value is -2.69. The molecule has 10 heteroatoms. The molecule has 0 spiro atoms. The Morgan fingerprint density at radius 3 is 2.33 bits per heavy atom. The summed E-state index contributed by atoms with van der Waals surface area (Å²) in [4.78, 5) is 25.2. The van der Waals surface area contributed by atoms with Gasteiger partial charge in [0, 0.05) is 24.5 Å². The van der Waals surface area contributed by atoms with Crippen molar-refractivity contribution < 1.29 is 13.2 Å². The summed E-state index contributed by atoms with van der Waals surface area (Å²) in [6.07, 6.45) is -0.116. The van der Waals surface area contributed by atoms with E-state index in [-0.39, 0.29) is 29.1 Å². The van der Waals surface area contributed by atoms with Gasteiger partial charge in [0.15, 0.2) is 0 Å². The van der Waals surface area contributed by atoms with E-state index in [9.17, 15) is 18.0 Å². The quantitative estimate of drug-likeness (QED) is 0.528. The first kappa shape index (κ1) is 22.0. The summed E-state index contributed by atoms with van der Waals surface area (Å²) in [5, 5.41) is 2.61. The second kappa shape index (κ2) is 8.99. The number of carbonyl (C=O) groups is 1. The van der Waals surface area contributed by atoms with Gasteiger partial charge in [-0.05, 0) is 43.3 Å². The van der Waals surface area contributed by atoms with E-state index in [4.69, 9.17) is 0 Å². The maximum absolute atomic E-state index is 12.8. The van der Waals surface area contributed by atoms with E-state index >= 15 is 0 Å². The van der Waals surface area contributed by atoms with Crippen LogP contribution in [0.15, 0.2) is 68.8 Å². The fraction of sp³-hybridized carbons (Fsp3) is 0.200. The zero-order chi connectivity index (χ0) is 21.9. The van der Waals surface area contributed by atoms with Gasteiger partial charge in [-0.15, -0.1) is 0 Å². The van der Waals surface area contributed by atoms with E-state index in [0.717, 1.165) is 4.47 Å². The average Bonchev–Trinajstić information content (AvgIpc) is 2.92. The molecule has 0 aliphatic rings. The van der Waals surface area contributed by atoms with Crippen molar-refractivity contribution in [1.82, 2.24) is 14.1 Å². The van der Waals surface area contributed by atoms with Crippen LogP contribution >= 0.6 is 15.9 Å². The van der Waals surface area contributed by atoms with Crippen LogP contribution in [0.1, 0.15) is 12.1 Å². The summed E-state index contributed by atoms with van der Waals surface area (Å²) >= 11 is 3.25. The third kappa shape index (κ3) is 4.72. The van der Waals surface area contributed by atoms with Crippen molar-refractivity contribution in [3.63, 3.8) is 0 Å². The summed E-state index contributed by atoms with van der Waals surface area (Å²) < 4.78 is 30.8. The van der Waals surface area contributed by atoms with Gasteiger partial charge in [0.1, 0.15) is 5.69 Å². The fourth-order valence-corrected chi connectivity index (χ4v) is 4.21. The fourth-order valence-electron chi connectivity index (χ4n) is 2.91. The van der Waals surface area contributed by atoms with Crippen molar-refractivity contribution >= 4 is 37.5 Å². The standard InChI is InChI=1S/C20H21BrN4O4S/c1-14-19(20(27)25(24(14)2)16-6-4-3-5-7-16)23-18(26)12-13-22-30(28,29)17-10-8-15(21)9-11-17/h3-11,22H,12-13H2,1-2H3,(H,23,26). The number of hydrogen-bond acceptors (Lipinski definition) is 4. The van der Waals surface area contributed by atoms with Gasteiger partial charge in [0.25, 0.3) is 5.56 Å². The molecule has 0 radical (unpaired) electrons. The molecule has 3 aromatic rings. The summed E-state index contributed by atoms with van der Waals surface area (Å²) in [5.74, 6) is -0.459. The maximum atomic E-state index is 12.8. The number of amides is 1. The van der Waals surface area contributed by atoms with Crippen molar-refractivity contribution in [3.05, 3.63) is 75.1 Å². The van der Waals surface area contributed by atoms with Crippen LogP contribution < -0.4 is 15.6 Å². The van der Waals surface area contributed by atoms with Gasteiger partial charge in [-0.3, -0.25) is 14.3 Å². The highest BCUT2D eigenvalue weighted by atomic mass is 79.9. The van der Waals surface area contributed by atoms with Gasteiger partial charge in [0.05, 0.1) is 16.3 Å². The zero-order valence-corrected chi connectivity index (χ0v) is 18.8. The van der Waals surface area contributed by atoms with Gasteiger partial charge in [0.2, 0.25) is 15.9 Å². The molecule has 0 aliphatic carbocycles. The topological polar surface area (TPSA) is 102 Å². The van der Waals surface area contributed by atoms with Gasteiger partial charge in [-0.1, -0.05) is 34.1 Å². The Morgan fingerprint density at radius 2 is 1.70 bits per heavy atom. The normalized spacial score (nSPS) is 11.4. The number of anilines is 1. The molecule has 0 unspecified atom stereocenters. The molecule has 0 fully saturated rings. The SMILES string of the molecule is Cc1c(NC(=O)CCNS(=O)(=O)c2ccc(Br)cc2)c(=O)n(-c2ccccc2)n1C. The smallest absolute Gasteiger partial charge is 0.295 e. The Morgan fingerprint density at radius 1 is 1.07 bits per heavy atom. The average molecular weight is 493 g/mol. The van der Waals surface area contributed by atoms with Crippen molar-refractivity contribution in [2.45, 2.75) is 18.2 Å². The number of sulfonamides is 1. The zero-order valence-electron chi connectivity index (χ0n) is 16.4. The summed E-state index contributed by atoms with van der Waals surface area (Å²) in [6.45, 7) is 1.63. The van der Waals surface area contributed by atoms with Crippen molar-refractivity contribution in [3.8, 4) is 5.69 Å². The highest BCUT2D eigenvalue weighted by molar-refractivity contribution is 9.10. The molecule has 0 saturated heterocycles. The van der Waals surface area contributed by atoms with Crippen molar-refractivity contribution in [1.29, 1.82) is 0 Å². The van der Waals surface area contributed by atoms with E-state index in [2.05, 4.69) is 26.0 Å². The molecule has 0 bridgehead atoms. The van der Waals surface area contributed by atoms with Crippen molar-refractivity contribution in [2.24, 2.45) is 7.05 Å². The molecule has 0 aliphatic heterocycles. The number of nitrogens with one attached hydrogen (secondary N) is 2. The number of carbonyl (C=O) groups excluding carboxylic acids is 1. The Labute approximate surface area is 182 Å². The molecular weight excluding hydrogens is 472 g/mol. The maximum Gasteiger partial charge on any atom is 0.295 e. The Bertz CT molecular complexity index is 1220. The molecule has 158 valence electrons. The monoisotopic (exact) mass is 492 g/mol. The molecule has 1 aromatic heterocycles. The lowest BCUT2D eigenvalue weighted by Crippen LogP contribution is -2.29. The molecule has 1 amide bonds. The first-order valence-corrected chi connectivity index (χ1v) is 11.4. The van der Waals surface area contributed by atoms with Crippen LogP contribution in [-0.4, -0.2) is 30.2 Å². The highest BCUT2D eigenvalue weighted by Crippen LogP contribution is 2.15. The molecule has 2 N–H and O–H groups in total. The number of halogens is 1. The van der Waals surface area contributed by atoms with Crippen molar-refractivity contribution in [2.75, 3.05) is 11.9 Å².